The van der Waals surface area contributed by atoms with Gasteiger partial charge in [-0.05, 0) is 5.56 Å². The summed E-state index contributed by atoms with van der Waals surface area (Å²) in [6.07, 6.45) is -0.772. The molecule has 1 aromatic carbocycles. The molecule has 0 unspecified atom stereocenters. The lowest BCUT2D eigenvalue weighted by molar-refractivity contribution is -0.139. The molecule has 5 N–H and O–H groups in total. The number of benzene rings is 1. The molecule has 1 rings (SSSR count). The summed E-state index contributed by atoms with van der Waals surface area (Å²) in [7, 11) is 0. The minimum absolute atomic E-state index is 0.0342. The monoisotopic (exact) mass is 295 g/mol. The van der Waals surface area contributed by atoms with E-state index in [1.54, 1.807) is 24.3 Å². The number of rotatable bonds is 7. The van der Waals surface area contributed by atoms with Crippen LogP contribution in [0.2, 0.25) is 0 Å². The topological polar surface area (TPSA) is 131 Å². The van der Waals surface area contributed by atoms with Crippen LogP contribution in [0, 0.1) is 0 Å². The number of primary amides is 1. The normalized spacial score (nSPS) is 11.2. The Morgan fingerprint density at radius 1 is 1.24 bits per heavy atom. The molecule has 0 aliphatic rings. The highest BCUT2D eigenvalue weighted by Gasteiger charge is 2.20. The number of carbonyl (C=O) groups is 3. The highest BCUT2D eigenvalue weighted by atomic mass is 16.5. The highest BCUT2D eigenvalue weighted by Crippen LogP contribution is 2.03. The van der Waals surface area contributed by atoms with Gasteiger partial charge < -0.3 is 26.2 Å². The lowest BCUT2D eigenvalue weighted by Gasteiger charge is -2.15. The van der Waals surface area contributed by atoms with E-state index < -0.39 is 24.1 Å². The number of carboxylic acid groups (broad SMARTS) is 1. The molecule has 0 aliphatic carbocycles. The van der Waals surface area contributed by atoms with Crippen LogP contribution in [0.15, 0.2) is 30.3 Å². The number of aliphatic carboxylic acids is 1. The van der Waals surface area contributed by atoms with E-state index in [2.05, 4.69) is 15.4 Å². The van der Waals surface area contributed by atoms with E-state index in [9.17, 15) is 14.4 Å². The van der Waals surface area contributed by atoms with Crippen LogP contribution in [0.4, 0.5) is 9.59 Å². The van der Waals surface area contributed by atoms with Gasteiger partial charge in [0.15, 0.2) is 0 Å². The first-order valence-corrected chi connectivity index (χ1v) is 6.22. The van der Waals surface area contributed by atoms with E-state index in [0.717, 1.165) is 5.56 Å². The van der Waals surface area contributed by atoms with Gasteiger partial charge in [0.2, 0.25) is 0 Å². The molecule has 0 aromatic heterocycles. The van der Waals surface area contributed by atoms with E-state index in [-0.39, 0.29) is 19.6 Å². The van der Waals surface area contributed by atoms with Crippen LogP contribution in [0.5, 0.6) is 0 Å². The van der Waals surface area contributed by atoms with Crippen molar-refractivity contribution in [1.82, 2.24) is 10.6 Å². The van der Waals surface area contributed by atoms with Crippen LogP contribution in [0.25, 0.3) is 0 Å². The van der Waals surface area contributed by atoms with Crippen LogP contribution in [-0.2, 0) is 16.0 Å². The number of carbonyl (C=O) groups excluding carboxylic acids is 2. The summed E-state index contributed by atoms with van der Waals surface area (Å²) in [5.74, 6) is -1.14. The molecule has 0 heterocycles. The maximum absolute atomic E-state index is 11.5. The number of nitrogens with one attached hydrogen (secondary N) is 2. The van der Waals surface area contributed by atoms with Crippen LogP contribution in [0.1, 0.15) is 5.56 Å². The fraction of sp³-hybridized carbons (Fsp3) is 0.308. The van der Waals surface area contributed by atoms with Gasteiger partial charge >= 0.3 is 18.1 Å². The molecule has 0 saturated heterocycles. The van der Waals surface area contributed by atoms with Crippen molar-refractivity contribution < 1.29 is 24.2 Å². The Morgan fingerprint density at radius 3 is 2.48 bits per heavy atom. The summed E-state index contributed by atoms with van der Waals surface area (Å²) in [6.45, 7) is -0.0500. The molecule has 0 saturated carbocycles. The summed E-state index contributed by atoms with van der Waals surface area (Å²) in [6, 6.07) is 7.23. The van der Waals surface area contributed by atoms with E-state index in [1.807, 2.05) is 6.07 Å². The molecule has 1 aromatic rings. The van der Waals surface area contributed by atoms with Crippen LogP contribution in [-0.4, -0.2) is 42.4 Å². The van der Waals surface area contributed by atoms with Crippen molar-refractivity contribution in [2.24, 2.45) is 5.73 Å². The Balaban J connectivity index is 2.41. The molecule has 114 valence electrons. The van der Waals surface area contributed by atoms with Gasteiger partial charge in [-0.3, -0.25) is 0 Å². The number of hydrogen-bond acceptors (Lipinski definition) is 4. The van der Waals surface area contributed by atoms with Crippen LogP contribution >= 0.6 is 0 Å². The zero-order chi connectivity index (χ0) is 15.7. The molecule has 0 aliphatic heterocycles. The molecule has 0 bridgehead atoms. The molecule has 0 radical (unpaired) electrons. The fourth-order valence-electron chi connectivity index (χ4n) is 1.58. The number of urea groups is 1. The fourth-order valence-corrected chi connectivity index (χ4v) is 1.58. The van der Waals surface area contributed by atoms with Gasteiger partial charge in [-0.1, -0.05) is 30.3 Å². The number of amides is 3. The quantitative estimate of drug-likeness (QED) is 0.529. The Kier molecular flexibility index (Phi) is 6.52. The minimum atomic E-state index is -1.14. The summed E-state index contributed by atoms with van der Waals surface area (Å²) < 4.78 is 4.42. The maximum atomic E-state index is 11.5. The standard InChI is InChI=1S/C13H17N3O5/c14-12(19)21-7-6-15-13(20)16-10(11(17)18)8-9-4-2-1-3-5-9/h1-5,10H,6-8H2,(H2,14,19)(H,17,18)(H2,15,16,20)/t10-/m0/s1. The van der Waals surface area contributed by atoms with Crippen LogP contribution in [0.3, 0.4) is 0 Å². The van der Waals surface area contributed by atoms with Crippen molar-refractivity contribution in [1.29, 1.82) is 0 Å². The second-order valence-electron chi connectivity index (χ2n) is 4.15. The molecule has 0 fully saturated rings. The zero-order valence-corrected chi connectivity index (χ0v) is 11.2. The number of carboxylic acids is 1. The molecule has 0 spiro atoms. The Hall–Kier alpha value is -2.77. The van der Waals surface area contributed by atoms with Gasteiger partial charge in [-0.25, -0.2) is 14.4 Å². The molecule has 8 heteroatoms. The first-order valence-electron chi connectivity index (χ1n) is 6.22. The maximum Gasteiger partial charge on any atom is 0.404 e. The average Bonchev–Trinajstić information content (AvgIpc) is 2.44. The summed E-state index contributed by atoms with van der Waals surface area (Å²) >= 11 is 0. The molecule has 3 amide bonds. The Bertz CT molecular complexity index is 492. The zero-order valence-electron chi connectivity index (χ0n) is 11.2. The van der Waals surface area contributed by atoms with Crippen molar-refractivity contribution in [3.05, 3.63) is 35.9 Å². The molecule has 21 heavy (non-hydrogen) atoms. The third-order valence-corrected chi connectivity index (χ3v) is 2.52. The largest absolute Gasteiger partial charge is 0.480 e. The SMILES string of the molecule is NC(=O)OCCNC(=O)N[C@@H](Cc1ccccc1)C(=O)O. The molecule has 1 atom stereocenters. The lowest BCUT2D eigenvalue weighted by Crippen LogP contribution is -2.47. The lowest BCUT2D eigenvalue weighted by atomic mass is 10.1. The summed E-state index contributed by atoms with van der Waals surface area (Å²) in [5.41, 5.74) is 5.54. The predicted octanol–water partition coefficient (Wildman–Crippen LogP) is 0.0768. The van der Waals surface area contributed by atoms with Crippen molar-refractivity contribution in [2.45, 2.75) is 12.5 Å². The number of nitrogens with two attached hydrogens (primary N) is 1. The minimum Gasteiger partial charge on any atom is -0.480 e. The first kappa shape index (κ1) is 16.3. The van der Waals surface area contributed by atoms with Gasteiger partial charge in [0.05, 0.1) is 6.54 Å². The third-order valence-electron chi connectivity index (χ3n) is 2.52. The van der Waals surface area contributed by atoms with E-state index in [4.69, 9.17) is 10.8 Å². The Morgan fingerprint density at radius 2 is 1.90 bits per heavy atom. The van der Waals surface area contributed by atoms with Gasteiger partial charge in [-0.15, -0.1) is 0 Å². The smallest absolute Gasteiger partial charge is 0.404 e. The second kappa shape index (κ2) is 8.41. The average molecular weight is 295 g/mol. The highest BCUT2D eigenvalue weighted by molar-refractivity contribution is 5.82. The third kappa shape index (κ3) is 6.81. The van der Waals surface area contributed by atoms with E-state index in [0.29, 0.717) is 0 Å². The van der Waals surface area contributed by atoms with Gasteiger partial charge in [0, 0.05) is 6.42 Å². The van der Waals surface area contributed by atoms with Gasteiger partial charge in [0.25, 0.3) is 0 Å². The van der Waals surface area contributed by atoms with Gasteiger partial charge in [-0.2, -0.15) is 0 Å². The first-order chi connectivity index (χ1) is 9.99. The van der Waals surface area contributed by atoms with Crippen molar-refractivity contribution in [3.63, 3.8) is 0 Å². The molecular weight excluding hydrogens is 278 g/mol. The number of ether oxygens (including phenoxy) is 1. The summed E-state index contributed by atoms with van der Waals surface area (Å²) in [4.78, 5) is 33.0. The van der Waals surface area contributed by atoms with Crippen molar-refractivity contribution in [2.75, 3.05) is 13.2 Å². The second-order valence-corrected chi connectivity index (χ2v) is 4.15. The predicted molar refractivity (Wildman–Crippen MR) is 73.6 cm³/mol. The van der Waals surface area contributed by atoms with Crippen LogP contribution < -0.4 is 16.4 Å². The Labute approximate surface area is 121 Å². The van der Waals surface area contributed by atoms with E-state index >= 15 is 0 Å². The number of hydrogen-bond donors (Lipinski definition) is 4. The molecule has 8 nitrogen and oxygen atoms in total. The van der Waals surface area contributed by atoms with Gasteiger partial charge in [0.1, 0.15) is 12.6 Å². The van der Waals surface area contributed by atoms with Crippen molar-refractivity contribution in [3.8, 4) is 0 Å². The molecular formula is C13H17N3O5. The van der Waals surface area contributed by atoms with E-state index in [1.165, 1.54) is 0 Å². The van der Waals surface area contributed by atoms with Crippen molar-refractivity contribution >= 4 is 18.1 Å². The summed E-state index contributed by atoms with van der Waals surface area (Å²) in [5, 5.41) is 13.8.